The molecule has 15 heteroatoms. The first-order valence-corrected chi connectivity index (χ1v) is 12.1. The Kier molecular flexibility index (Phi) is 5.71. The highest BCUT2D eigenvalue weighted by Crippen LogP contribution is 2.45. The first-order valence-electron chi connectivity index (χ1n) is 10.3. The lowest BCUT2D eigenvalue weighted by Gasteiger charge is -2.21. The van der Waals surface area contributed by atoms with Crippen molar-refractivity contribution < 1.29 is 39.0 Å². The lowest BCUT2D eigenvalue weighted by molar-refractivity contribution is -0.290. The molecule has 0 amide bonds. The molecule has 0 saturated carbocycles. The minimum Gasteiger partial charge on any atom is -0.422 e. The highest BCUT2D eigenvalue weighted by Gasteiger charge is 2.60. The van der Waals surface area contributed by atoms with E-state index < -0.39 is 27.9 Å². The van der Waals surface area contributed by atoms with Crippen molar-refractivity contribution in [3.63, 3.8) is 0 Å². The Morgan fingerprint density at radius 1 is 1.03 bits per heavy atom. The summed E-state index contributed by atoms with van der Waals surface area (Å²) in [5, 5.41) is 7.52. The Balaban J connectivity index is 1.71. The largest absolute Gasteiger partial charge is 0.459 e. The minimum atomic E-state index is -5.89. The number of benzene rings is 1. The molecule has 4 heterocycles. The number of alkyl halides is 5. The molecule has 192 valence electrons. The normalized spacial score (nSPS) is 13.0. The van der Waals surface area contributed by atoms with E-state index in [0.29, 0.717) is 11.6 Å². The predicted octanol–water partition coefficient (Wildman–Crippen LogP) is 4.73. The van der Waals surface area contributed by atoms with Crippen LogP contribution < -0.4 is 0 Å². The van der Waals surface area contributed by atoms with Crippen LogP contribution >= 0.6 is 0 Å². The minimum absolute atomic E-state index is 0.0146. The van der Waals surface area contributed by atoms with Gasteiger partial charge in [0.15, 0.2) is 0 Å². The van der Waals surface area contributed by atoms with Crippen LogP contribution in [0.1, 0.15) is 11.3 Å². The van der Waals surface area contributed by atoms with Gasteiger partial charge in [0.05, 0.1) is 12.9 Å². The average molecular weight is 539 g/mol. The molecule has 4 aromatic heterocycles. The molecule has 0 bridgehead atoms. The predicted molar refractivity (Wildman–Crippen MR) is 119 cm³/mol. The van der Waals surface area contributed by atoms with Gasteiger partial charge in [-0.1, -0.05) is 24.3 Å². The third-order valence-electron chi connectivity index (χ3n) is 5.36. The molecule has 37 heavy (non-hydrogen) atoms. The summed E-state index contributed by atoms with van der Waals surface area (Å²) in [6.45, 7) is -0.276. The van der Waals surface area contributed by atoms with Crippen LogP contribution in [-0.4, -0.2) is 45.4 Å². The van der Waals surface area contributed by atoms with Gasteiger partial charge in [-0.2, -0.15) is 30.4 Å². The van der Waals surface area contributed by atoms with E-state index in [9.17, 15) is 30.4 Å². The van der Waals surface area contributed by atoms with E-state index in [2.05, 4.69) is 20.2 Å². The number of halogens is 5. The van der Waals surface area contributed by atoms with Crippen molar-refractivity contribution in [3.05, 3.63) is 66.3 Å². The highest BCUT2D eigenvalue weighted by atomic mass is 32.2. The number of nitrogens with zero attached hydrogens (tertiary/aromatic N) is 5. The van der Waals surface area contributed by atoms with E-state index in [0.717, 1.165) is 12.6 Å². The van der Waals surface area contributed by atoms with Gasteiger partial charge in [-0.05, 0) is 34.9 Å². The fourth-order valence-corrected chi connectivity index (χ4v) is 3.97. The summed E-state index contributed by atoms with van der Waals surface area (Å²) in [6.07, 6.45) is -2.62. The average Bonchev–Trinajstić information content (AvgIpc) is 3.51. The van der Waals surface area contributed by atoms with E-state index in [1.807, 2.05) is 0 Å². The molecule has 0 aliphatic rings. The maximum absolute atomic E-state index is 14.5. The summed E-state index contributed by atoms with van der Waals surface area (Å²) in [6, 6.07) is 9.55. The molecule has 0 aliphatic carbocycles. The Morgan fingerprint density at radius 2 is 1.76 bits per heavy atom. The first-order chi connectivity index (χ1) is 17.3. The zero-order valence-electron chi connectivity index (χ0n) is 18.6. The van der Waals surface area contributed by atoms with Gasteiger partial charge in [0.2, 0.25) is 6.39 Å². The monoisotopic (exact) mass is 539 g/mol. The molecule has 0 fully saturated rings. The first kappa shape index (κ1) is 24.7. The van der Waals surface area contributed by atoms with Gasteiger partial charge < -0.3 is 4.42 Å². The van der Waals surface area contributed by atoms with Gasteiger partial charge in [0.25, 0.3) is 16.0 Å². The van der Waals surface area contributed by atoms with Crippen LogP contribution in [0, 0.1) is 0 Å². The molecule has 5 rings (SSSR count). The maximum atomic E-state index is 14.5. The molecule has 0 unspecified atom stereocenters. The Hall–Kier alpha value is -3.98. The molecule has 0 spiro atoms. The zero-order chi connectivity index (χ0) is 26.6. The number of pyridine rings is 2. The summed E-state index contributed by atoms with van der Waals surface area (Å²) in [4.78, 5) is 7.95. The second-order valence-electron chi connectivity index (χ2n) is 7.96. The Bertz CT molecular complexity index is 1720. The van der Waals surface area contributed by atoms with Crippen LogP contribution in [0.3, 0.4) is 0 Å². The highest BCUT2D eigenvalue weighted by molar-refractivity contribution is 7.85. The van der Waals surface area contributed by atoms with E-state index >= 15 is 0 Å². The number of imidazole rings is 1. The topological polar surface area (TPSA) is 112 Å². The smallest absolute Gasteiger partial charge is 0.422 e. The van der Waals surface area contributed by atoms with Crippen LogP contribution in [0.25, 0.3) is 39.4 Å². The van der Waals surface area contributed by atoms with Gasteiger partial charge in [-0.3, -0.25) is 8.58 Å². The van der Waals surface area contributed by atoms with Crippen molar-refractivity contribution >= 4 is 26.8 Å². The molecule has 0 N–H and O–H groups in total. The zero-order valence-corrected chi connectivity index (χ0v) is 19.4. The standard InChI is InChI=1S/C22H14F5N5O4S/c1-37(33,34)36-10-12-2-4-13(5-3-12)15-8-17(21(23,24)22(25,26)27)30-19-14(15)6-7-18-29-16(9-32(18)19)20-31-28-11-35-20/h2-9,11H,10H2,1H3. The third kappa shape index (κ3) is 4.62. The summed E-state index contributed by atoms with van der Waals surface area (Å²) >= 11 is 0. The van der Waals surface area contributed by atoms with Gasteiger partial charge in [-0.15, -0.1) is 10.2 Å². The van der Waals surface area contributed by atoms with Crippen LogP contribution in [0.2, 0.25) is 0 Å². The number of hydrogen-bond donors (Lipinski definition) is 0. The van der Waals surface area contributed by atoms with Crippen molar-refractivity contribution in [1.82, 2.24) is 24.6 Å². The number of fused-ring (bicyclic) bond motifs is 3. The number of hydrogen-bond acceptors (Lipinski definition) is 8. The van der Waals surface area contributed by atoms with Gasteiger partial charge in [0, 0.05) is 11.6 Å². The van der Waals surface area contributed by atoms with E-state index in [4.69, 9.17) is 8.60 Å². The fourth-order valence-electron chi connectivity index (χ4n) is 3.62. The van der Waals surface area contributed by atoms with Crippen molar-refractivity contribution in [2.75, 3.05) is 6.26 Å². The van der Waals surface area contributed by atoms with E-state index in [-0.39, 0.29) is 46.0 Å². The van der Waals surface area contributed by atoms with Crippen LogP contribution in [-0.2, 0) is 26.8 Å². The second-order valence-corrected chi connectivity index (χ2v) is 9.60. The molecule has 5 aromatic rings. The summed E-state index contributed by atoms with van der Waals surface area (Å²) in [7, 11) is -3.71. The number of rotatable bonds is 6. The Labute approximate surface area is 204 Å². The number of aromatic nitrogens is 5. The van der Waals surface area contributed by atoms with Crippen molar-refractivity contribution in [3.8, 4) is 22.7 Å². The van der Waals surface area contributed by atoms with Gasteiger partial charge in [0.1, 0.15) is 22.7 Å². The molecular formula is C22H14F5N5O4S. The third-order valence-corrected chi connectivity index (χ3v) is 5.91. The molecular weight excluding hydrogens is 525 g/mol. The van der Waals surface area contributed by atoms with E-state index in [1.165, 1.54) is 47.0 Å². The van der Waals surface area contributed by atoms with E-state index in [1.54, 1.807) is 0 Å². The van der Waals surface area contributed by atoms with Crippen molar-refractivity contribution in [1.29, 1.82) is 0 Å². The summed E-state index contributed by atoms with van der Waals surface area (Å²) in [5.41, 5.74) is -0.601. The molecule has 9 nitrogen and oxygen atoms in total. The maximum Gasteiger partial charge on any atom is 0.459 e. The molecule has 0 saturated heterocycles. The lowest BCUT2D eigenvalue weighted by Crippen LogP contribution is -2.34. The molecule has 0 aliphatic heterocycles. The summed E-state index contributed by atoms with van der Waals surface area (Å²) in [5.74, 6) is -5.24. The molecule has 0 radical (unpaired) electrons. The Morgan fingerprint density at radius 3 is 2.38 bits per heavy atom. The lowest BCUT2D eigenvalue weighted by atomic mass is 9.99. The SMILES string of the molecule is CS(=O)(=O)OCc1ccc(-c2cc(C(F)(F)C(F)(F)F)nc3c2ccc2nc(-c4nnco4)cn23)cc1. The fraction of sp³-hybridized carbons (Fsp3) is 0.182. The van der Waals surface area contributed by atoms with Crippen LogP contribution in [0.4, 0.5) is 22.0 Å². The molecule has 1 aromatic carbocycles. The van der Waals surface area contributed by atoms with Gasteiger partial charge >= 0.3 is 12.1 Å². The summed E-state index contributed by atoms with van der Waals surface area (Å²) < 4.78 is 102. The van der Waals surface area contributed by atoms with Gasteiger partial charge in [-0.25, -0.2) is 9.97 Å². The second kappa shape index (κ2) is 8.55. The van der Waals surface area contributed by atoms with Crippen LogP contribution in [0.5, 0.6) is 0 Å². The quantitative estimate of drug-likeness (QED) is 0.225. The molecule has 0 atom stereocenters. The van der Waals surface area contributed by atoms with Crippen molar-refractivity contribution in [2.45, 2.75) is 18.7 Å². The van der Waals surface area contributed by atoms with Crippen molar-refractivity contribution in [2.24, 2.45) is 0 Å². The van der Waals surface area contributed by atoms with Crippen LogP contribution in [0.15, 0.2) is 59.5 Å².